The number of carbonyl (C=O) groups excluding carboxylic acids is 1. The van der Waals surface area contributed by atoms with Crippen LogP contribution in [0.25, 0.3) is 10.2 Å². The van der Waals surface area contributed by atoms with E-state index in [1.807, 2.05) is 30.3 Å². The Morgan fingerprint density at radius 2 is 1.91 bits per heavy atom. The molecule has 0 fully saturated rings. The Labute approximate surface area is 144 Å². The zero-order valence-electron chi connectivity index (χ0n) is 12.8. The molecule has 0 atom stereocenters. The predicted octanol–water partition coefficient (Wildman–Crippen LogP) is 5.08. The molecular weight excluding hydrogens is 328 g/mol. The van der Waals surface area contributed by atoms with E-state index in [-0.39, 0.29) is 5.91 Å². The van der Waals surface area contributed by atoms with Crippen LogP contribution >= 0.6 is 22.9 Å². The van der Waals surface area contributed by atoms with E-state index in [0.717, 1.165) is 22.2 Å². The maximum atomic E-state index is 12.1. The second-order valence-electron chi connectivity index (χ2n) is 5.35. The molecule has 0 saturated carbocycles. The third kappa shape index (κ3) is 4.09. The van der Waals surface area contributed by atoms with Crippen LogP contribution in [0.5, 0.6) is 0 Å². The van der Waals surface area contributed by atoms with Gasteiger partial charge in [-0.25, -0.2) is 4.98 Å². The van der Waals surface area contributed by atoms with Crippen LogP contribution in [0, 0.1) is 0 Å². The van der Waals surface area contributed by atoms with Crippen molar-refractivity contribution in [3.8, 4) is 0 Å². The van der Waals surface area contributed by atoms with Gasteiger partial charge in [0, 0.05) is 11.4 Å². The summed E-state index contributed by atoms with van der Waals surface area (Å²) in [5, 5.41) is 4.26. The summed E-state index contributed by atoms with van der Waals surface area (Å²) in [5.41, 5.74) is 3.31. The van der Waals surface area contributed by atoms with Gasteiger partial charge in [-0.1, -0.05) is 48.1 Å². The molecule has 1 amide bonds. The van der Waals surface area contributed by atoms with E-state index in [1.165, 1.54) is 16.9 Å². The first-order valence-corrected chi connectivity index (χ1v) is 8.77. The molecule has 1 aromatic heterocycles. The topological polar surface area (TPSA) is 42.0 Å². The Bertz CT molecular complexity index is 827. The summed E-state index contributed by atoms with van der Waals surface area (Å²) in [7, 11) is 0. The zero-order valence-corrected chi connectivity index (χ0v) is 14.4. The summed E-state index contributed by atoms with van der Waals surface area (Å²) in [6.07, 6.45) is 2.11. The van der Waals surface area contributed by atoms with Gasteiger partial charge in [0.25, 0.3) is 0 Å². The van der Waals surface area contributed by atoms with Crippen molar-refractivity contribution in [3.63, 3.8) is 0 Å². The highest BCUT2D eigenvalue weighted by molar-refractivity contribution is 7.22. The highest BCUT2D eigenvalue weighted by Crippen LogP contribution is 2.27. The van der Waals surface area contributed by atoms with Crippen molar-refractivity contribution >= 4 is 44.2 Å². The highest BCUT2D eigenvalue weighted by Gasteiger charge is 2.08. The number of halogens is 1. The summed E-state index contributed by atoms with van der Waals surface area (Å²) in [5.74, 6) is -0.0188. The zero-order chi connectivity index (χ0) is 16.2. The number of rotatable bonds is 5. The lowest BCUT2D eigenvalue weighted by Crippen LogP contribution is -2.11. The Balaban J connectivity index is 1.62. The summed E-state index contributed by atoms with van der Waals surface area (Å²) < 4.78 is 1.11. The molecule has 0 radical (unpaired) electrons. The van der Waals surface area contributed by atoms with Crippen LogP contribution in [0.1, 0.15) is 24.5 Å². The molecule has 2 aromatic carbocycles. The second-order valence-corrected chi connectivity index (χ2v) is 6.82. The average molecular weight is 345 g/mol. The van der Waals surface area contributed by atoms with Crippen LogP contribution < -0.4 is 5.32 Å². The fourth-order valence-electron chi connectivity index (χ4n) is 2.33. The van der Waals surface area contributed by atoms with Gasteiger partial charge in [-0.05, 0) is 48.2 Å². The fourth-order valence-corrected chi connectivity index (χ4v) is 3.40. The number of hydrogen-bond acceptors (Lipinski definition) is 3. The molecule has 0 saturated heterocycles. The quantitative estimate of drug-likeness (QED) is 0.701. The van der Waals surface area contributed by atoms with Crippen molar-refractivity contribution in [1.29, 1.82) is 0 Å². The number of aryl methyl sites for hydroxylation is 2. The van der Waals surface area contributed by atoms with Crippen molar-refractivity contribution < 1.29 is 4.79 Å². The number of aromatic nitrogens is 1. The van der Waals surface area contributed by atoms with Gasteiger partial charge in [-0.2, -0.15) is 0 Å². The number of nitrogens with zero attached hydrogens (tertiary/aromatic N) is 1. The number of thiazole rings is 1. The van der Waals surface area contributed by atoms with Crippen molar-refractivity contribution in [2.24, 2.45) is 0 Å². The first-order chi connectivity index (χ1) is 11.1. The minimum Gasteiger partial charge on any atom is -0.302 e. The minimum atomic E-state index is -0.0188. The molecule has 3 nitrogen and oxygen atoms in total. The number of anilines is 1. The maximum Gasteiger partial charge on any atom is 0.226 e. The smallest absolute Gasteiger partial charge is 0.226 e. The fraction of sp³-hybridized carbons (Fsp3) is 0.222. The maximum absolute atomic E-state index is 12.1. The molecule has 3 rings (SSSR count). The summed E-state index contributed by atoms with van der Waals surface area (Å²) in [6.45, 7) is 2.13. The summed E-state index contributed by atoms with van der Waals surface area (Å²) in [4.78, 5) is 16.5. The van der Waals surface area contributed by atoms with Crippen LogP contribution in [0.15, 0.2) is 42.5 Å². The van der Waals surface area contributed by atoms with Crippen molar-refractivity contribution in [3.05, 3.63) is 58.6 Å². The third-order valence-electron chi connectivity index (χ3n) is 3.66. The summed E-state index contributed by atoms with van der Waals surface area (Å²) >= 11 is 7.37. The average Bonchev–Trinajstić information content (AvgIpc) is 2.95. The van der Waals surface area contributed by atoms with Gasteiger partial charge in [0.2, 0.25) is 5.91 Å². The molecule has 0 aliphatic carbocycles. The van der Waals surface area contributed by atoms with E-state index < -0.39 is 0 Å². The lowest BCUT2D eigenvalue weighted by molar-refractivity contribution is -0.116. The molecule has 118 valence electrons. The molecule has 23 heavy (non-hydrogen) atoms. The first-order valence-electron chi connectivity index (χ1n) is 7.58. The van der Waals surface area contributed by atoms with E-state index in [0.29, 0.717) is 23.0 Å². The van der Waals surface area contributed by atoms with Gasteiger partial charge in [-0.3, -0.25) is 4.79 Å². The highest BCUT2D eigenvalue weighted by atomic mass is 35.5. The van der Waals surface area contributed by atoms with Gasteiger partial charge in [0.1, 0.15) is 0 Å². The third-order valence-corrected chi connectivity index (χ3v) is 4.85. The first kappa shape index (κ1) is 16.0. The molecule has 0 aliphatic rings. The SMILES string of the molecule is CCc1ccc2nc(NC(=O)CCc3ccc(Cl)cc3)sc2c1. The second kappa shape index (κ2) is 7.11. The lowest BCUT2D eigenvalue weighted by Gasteiger charge is -2.02. The van der Waals surface area contributed by atoms with Crippen molar-refractivity contribution in [2.45, 2.75) is 26.2 Å². The molecular formula is C18H17ClN2OS. The Morgan fingerprint density at radius 1 is 1.17 bits per heavy atom. The number of amides is 1. The molecule has 0 unspecified atom stereocenters. The van der Waals surface area contributed by atoms with E-state index in [1.54, 1.807) is 0 Å². The normalized spacial score (nSPS) is 10.9. The Morgan fingerprint density at radius 3 is 2.65 bits per heavy atom. The molecule has 0 aliphatic heterocycles. The molecule has 0 spiro atoms. The Kier molecular flexibility index (Phi) is 4.94. The van der Waals surface area contributed by atoms with Gasteiger partial charge in [0.15, 0.2) is 5.13 Å². The largest absolute Gasteiger partial charge is 0.302 e. The lowest BCUT2D eigenvalue weighted by atomic mass is 10.1. The number of carbonyl (C=O) groups is 1. The van der Waals surface area contributed by atoms with Gasteiger partial charge >= 0.3 is 0 Å². The standard InChI is InChI=1S/C18H17ClN2OS/c1-2-12-5-9-15-16(11-12)23-18(20-15)21-17(22)10-6-13-3-7-14(19)8-4-13/h3-5,7-9,11H,2,6,10H2,1H3,(H,20,21,22). The van der Waals surface area contributed by atoms with Gasteiger partial charge in [0.05, 0.1) is 10.2 Å². The van der Waals surface area contributed by atoms with Gasteiger partial charge in [-0.15, -0.1) is 0 Å². The number of hydrogen-bond donors (Lipinski definition) is 1. The molecule has 0 bridgehead atoms. The van der Waals surface area contributed by atoms with Crippen LogP contribution in [0.2, 0.25) is 5.02 Å². The van der Waals surface area contributed by atoms with E-state index in [2.05, 4.69) is 29.4 Å². The number of fused-ring (bicyclic) bond motifs is 1. The van der Waals surface area contributed by atoms with Crippen LogP contribution in [-0.2, 0) is 17.6 Å². The molecule has 5 heteroatoms. The number of benzene rings is 2. The predicted molar refractivity (Wildman–Crippen MR) is 97.4 cm³/mol. The Hall–Kier alpha value is -1.91. The van der Waals surface area contributed by atoms with Crippen molar-refractivity contribution in [1.82, 2.24) is 4.98 Å². The molecule has 1 N–H and O–H groups in total. The van der Waals surface area contributed by atoms with E-state index in [4.69, 9.17) is 11.6 Å². The van der Waals surface area contributed by atoms with E-state index in [9.17, 15) is 4.79 Å². The van der Waals surface area contributed by atoms with Crippen LogP contribution in [0.4, 0.5) is 5.13 Å². The van der Waals surface area contributed by atoms with Crippen molar-refractivity contribution in [2.75, 3.05) is 5.32 Å². The summed E-state index contributed by atoms with van der Waals surface area (Å²) in [6, 6.07) is 13.8. The van der Waals surface area contributed by atoms with Crippen LogP contribution in [0.3, 0.4) is 0 Å². The minimum absolute atomic E-state index is 0.0188. The monoisotopic (exact) mass is 344 g/mol. The molecule has 1 heterocycles. The van der Waals surface area contributed by atoms with E-state index >= 15 is 0 Å². The van der Waals surface area contributed by atoms with Crippen LogP contribution in [-0.4, -0.2) is 10.9 Å². The molecule has 3 aromatic rings. The number of nitrogens with one attached hydrogen (secondary N) is 1. The van der Waals surface area contributed by atoms with Gasteiger partial charge < -0.3 is 5.32 Å².